The fraction of sp³-hybridized carbons (Fsp3) is 0.327. The van der Waals surface area contributed by atoms with Crippen LogP contribution in [0.5, 0.6) is 17.2 Å². The van der Waals surface area contributed by atoms with Crippen LogP contribution in [-0.2, 0) is 39.2 Å². The second-order valence-corrected chi connectivity index (χ2v) is 18.2. The molecule has 6 amide bonds. The molecule has 6 aromatic rings. The smallest absolute Gasteiger partial charge is 0.493 e. The van der Waals surface area contributed by atoms with Gasteiger partial charge in [-0.2, -0.15) is 0 Å². The van der Waals surface area contributed by atoms with Gasteiger partial charge in [-0.25, -0.2) is 14.4 Å². The first-order valence-corrected chi connectivity index (χ1v) is 23.6. The van der Waals surface area contributed by atoms with Gasteiger partial charge in [0.15, 0.2) is 11.5 Å². The molecule has 2 atom stereocenters. The molecule has 384 valence electrons. The van der Waals surface area contributed by atoms with Gasteiger partial charge in [-0.15, -0.1) is 13.2 Å². The third-order valence-corrected chi connectivity index (χ3v) is 13.5. The summed E-state index contributed by atoms with van der Waals surface area (Å²) in [5.41, 5.74) is 2.04. The number of likely N-dealkylation sites (tertiary alicyclic amines) is 1. The summed E-state index contributed by atoms with van der Waals surface area (Å²) in [7, 11) is 3.00. The van der Waals surface area contributed by atoms with Crippen molar-refractivity contribution in [3.63, 3.8) is 0 Å². The van der Waals surface area contributed by atoms with Gasteiger partial charge in [-0.05, 0) is 98.3 Å². The van der Waals surface area contributed by atoms with Gasteiger partial charge < -0.3 is 39.2 Å². The van der Waals surface area contributed by atoms with E-state index in [2.05, 4.69) is 30.7 Å². The highest BCUT2D eigenvalue weighted by atomic mass is 19.4. The van der Waals surface area contributed by atoms with E-state index in [0.29, 0.717) is 70.7 Å². The third-order valence-electron chi connectivity index (χ3n) is 13.5. The van der Waals surface area contributed by atoms with Crippen molar-refractivity contribution in [2.45, 2.75) is 70.8 Å². The minimum absolute atomic E-state index is 0.000542. The van der Waals surface area contributed by atoms with Crippen LogP contribution in [-0.4, -0.2) is 99.0 Å². The van der Waals surface area contributed by atoms with Crippen LogP contribution in [0, 0.1) is 18.7 Å². The lowest BCUT2D eigenvalue weighted by Crippen LogP contribution is -2.52. The normalized spacial score (nSPS) is 16.8. The van der Waals surface area contributed by atoms with Crippen LogP contribution in [0.2, 0.25) is 0 Å². The van der Waals surface area contributed by atoms with E-state index in [4.69, 9.17) is 9.47 Å². The number of anilines is 2. The molecule has 3 aliphatic rings. The average molecular weight is 1020 g/mol. The third kappa shape index (κ3) is 10.6. The van der Waals surface area contributed by atoms with Crippen molar-refractivity contribution >= 4 is 68.6 Å². The zero-order valence-corrected chi connectivity index (χ0v) is 40.2. The Labute approximate surface area is 419 Å². The number of carbonyl (C=O) groups excluding carboxylic acids is 6. The van der Waals surface area contributed by atoms with Crippen molar-refractivity contribution in [2.24, 2.45) is 13.0 Å². The number of imide groups is 1. The van der Waals surface area contributed by atoms with Gasteiger partial charge in [0.2, 0.25) is 29.1 Å². The minimum Gasteiger partial charge on any atom is -0.493 e. The van der Waals surface area contributed by atoms with Crippen LogP contribution in [0.25, 0.3) is 21.8 Å². The quantitative estimate of drug-likeness (QED) is 0.0607. The first-order chi connectivity index (χ1) is 35.3. The van der Waals surface area contributed by atoms with E-state index in [1.54, 1.807) is 42.3 Å². The van der Waals surface area contributed by atoms with Crippen molar-refractivity contribution in [3.05, 3.63) is 123 Å². The van der Waals surface area contributed by atoms with Gasteiger partial charge in [0.1, 0.15) is 29.5 Å². The van der Waals surface area contributed by atoms with E-state index < -0.39 is 47.1 Å². The lowest BCUT2D eigenvalue weighted by atomic mass is 9.96. The fourth-order valence-corrected chi connectivity index (χ4v) is 9.65. The summed E-state index contributed by atoms with van der Waals surface area (Å²) >= 11 is 0. The Hall–Kier alpha value is -8.43. The van der Waals surface area contributed by atoms with E-state index in [0.717, 1.165) is 18.2 Å². The Kier molecular flexibility index (Phi) is 14.1. The molecular weight excluding hydrogens is 973 g/mol. The van der Waals surface area contributed by atoms with Crippen molar-refractivity contribution in [3.8, 4) is 17.2 Å². The SMILES string of the molecule is COc1cc2c(Cc3ccc(NC(=O)c4c(C)n(C)c5ccc(OC(F)(F)F)cc5c4=O)cc3F)ncnc2cc1OCCCC(=O)N1CCC[C@H](C(=O)Nc2ccc3c(c2)CN(C2CCC(=O)NC2=O)C3=O)C1. The predicted octanol–water partition coefficient (Wildman–Crippen LogP) is 6.48. The molecule has 9 rings (SSSR count). The number of ether oxygens (including phenoxy) is 3. The van der Waals surface area contributed by atoms with Crippen LogP contribution in [0.1, 0.15) is 81.8 Å². The van der Waals surface area contributed by atoms with Crippen LogP contribution in [0.3, 0.4) is 0 Å². The number of hydrogen-bond donors (Lipinski definition) is 3. The average Bonchev–Trinajstić information content (AvgIpc) is 3.69. The van der Waals surface area contributed by atoms with E-state index in [1.165, 1.54) is 48.0 Å². The standard InChI is InChI=1S/C52H48F4N8O10/c1-27-46(47(67)36-21-33(74-52(54,55)56)11-13-40(36)62(27)2)50(70)60-32-9-8-28(37(53)20-32)19-38-35-22-42(72-3)43(23-39(35)58-26-57-38)73-17-5-7-45(66)63-16-4-6-29(24-63)48(68)59-31-10-12-34-30(18-31)25-64(51(34)71)41-14-15-44(65)61-49(41)69/h8-13,18,20-23,26,29,41H,4-7,14-17,19,24-25H2,1-3H3,(H,59,68)(H,60,70)(H,61,65,69)/t29-,41?/m0/s1. The number of nitrogens with zero attached hydrogens (tertiary/aromatic N) is 5. The Morgan fingerprint density at radius 2 is 1.69 bits per heavy atom. The van der Waals surface area contributed by atoms with Crippen molar-refractivity contribution in [1.82, 2.24) is 29.7 Å². The number of benzene rings is 4. The van der Waals surface area contributed by atoms with Gasteiger partial charge >= 0.3 is 6.36 Å². The Morgan fingerprint density at radius 1 is 0.905 bits per heavy atom. The Bertz CT molecular complexity index is 3360. The van der Waals surface area contributed by atoms with Gasteiger partial charge in [-0.3, -0.25) is 38.9 Å². The predicted molar refractivity (Wildman–Crippen MR) is 259 cm³/mol. The Morgan fingerprint density at radius 3 is 2.45 bits per heavy atom. The molecule has 0 saturated carbocycles. The second kappa shape index (κ2) is 20.6. The molecule has 2 aromatic heterocycles. The topological polar surface area (TPSA) is 220 Å². The zero-order valence-electron chi connectivity index (χ0n) is 40.2. The second-order valence-electron chi connectivity index (χ2n) is 18.2. The highest BCUT2D eigenvalue weighted by Gasteiger charge is 2.39. The molecule has 0 bridgehead atoms. The highest BCUT2D eigenvalue weighted by molar-refractivity contribution is 6.07. The van der Waals surface area contributed by atoms with E-state index in [-0.39, 0.29) is 102 Å². The van der Waals surface area contributed by atoms with E-state index in [1.807, 2.05) is 0 Å². The number of fused-ring (bicyclic) bond motifs is 3. The number of carbonyl (C=O) groups is 6. The fourth-order valence-electron chi connectivity index (χ4n) is 9.65. The number of piperidine rings is 2. The summed E-state index contributed by atoms with van der Waals surface area (Å²) in [4.78, 5) is 103. The molecule has 74 heavy (non-hydrogen) atoms. The maximum atomic E-state index is 15.7. The number of halogens is 4. The summed E-state index contributed by atoms with van der Waals surface area (Å²) in [6.45, 7) is 2.55. The molecule has 0 spiro atoms. The Balaban J connectivity index is 0.782. The molecule has 2 saturated heterocycles. The van der Waals surface area contributed by atoms with Gasteiger partial charge in [0.25, 0.3) is 11.8 Å². The lowest BCUT2D eigenvalue weighted by Gasteiger charge is -2.32. The van der Waals surface area contributed by atoms with E-state index >= 15 is 4.39 Å². The number of hydrogen-bond acceptors (Lipinski definition) is 12. The van der Waals surface area contributed by atoms with Gasteiger partial charge in [0.05, 0.1) is 41.7 Å². The number of aromatic nitrogens is 3. The summed E-state index contributed by atoms with van der Waals surface area (Å²) in [6, 6.07) is 14.8. The molecule has 5 heterocycles. The molecule has 18 nitrogen and oxygen atoms in total. The first kappa shape index (κ1) is 50.5. The minimum atomic E-state index is -5.00. The highest BCUT2D eigenvalue weighted by Crippen LogP contribution is 2.35. The molecule has 0 aliphatic carbocycles. The van der Waals surface area contributed by atoms with Crippen molar-refractivity contribution in [2.75, 3.05) is 37.4 Å². The number of pyridine rings is 1. The maximum Gasteiger partial charge on any atom is 0.573 e. The maximum absolute atomic E-state index is 15.7. The van der Waals surface area contributed by atoms with Crippen LogP contribution in [0.15, 0.2) is 77.9 Å². The molecule has 3 N–H and O–H groups in total. The van der Waals surface area contributed by atoms with Gasteiger partial charge in [-0.1, -0.05) is 6.07 Å². The monoisotopic (exact) mass is 1020 g/mol. The molecule has 4 aromatic carbocycles. The van der Waals surface area contributed by atoms with Crippen molar-refractivity contribution in [1.29, 1.82) is 0 Å². The molecule has 22 heteroatoms. The van der Waals surface area contributed by atoms with Crippen LogP contribution < -0.4 is 35.6 Å². The number of amides is 6. The van der Waals surface area contributed by atoms with Crippen LogP contribution in [0.4, 0.5) is 28.9 Å². The number of methoxy groups -OCH3 is 1. The summed E-state index contributed by atoms with van der Waals surface area (Å²) in [6.07, 6.45) is -1.58. The lowest BCUT2D eigenvalue weighted by molar-refractivity contribution is -0.274. The summed E-state index contributed by atoms with van der Waals surface area (Å²) in [5.74, 6) is -3.58. The molecule has 3 aliphatic heterocycles. The molecule has 0 radical (unpaired) electrons. The molecule has 1 unspecified atom stereocenters. The van der Waals surface area contributed by atoms with Crippen molar-refractivity contribution < 1.29 is 60.5 Å². The largest absolute Gasteiger partial charge is 0.573 e. The number of rotatable bonds is 14. The molecular formula is C52H48F4N8O10. The zero-order chi connectivity index (χ0) is 52.6. The van der Waals surface area contributed by atoms with Crippen LogP contribution >= 0.6 is 0 Å². The number of alkyl halides is 3. The first-order valence-electron chi connectivity index (χ1n) is 23.6. The molecule has 2 fully saturated rings. The van der Waals surface area contributed by atoms with E-state index in [9.17, 15) is 46.7 Å². The summed E-state index contributed by atoms with van der Waals surface area (Å²) in [5, 5.41) is 8.10. The summed E-state index contributed by atoms with van der Waals surface area (Å²) < 4.78 is 71.6. The number of nitrogens with one attached hydrogen (secondary N) is 3. The number of aryl methyl sites for hydroxylation is 1. The van der Waals surface area contributed by atoms with Gasteiger partial charge in [0, 0.05) is 80.0 Å².